The molecule has 0 radical (unpaired) electrons. The number of hydrogen-bond acceptors (Lipinski definition) is 5. The van der Waals surface area contributed by atoms with Gasteiger partial charge >= 0.3 is 5.97 Å². The molecule has 23 heavy (non-hydrogen) atoms. The molecule has 0 saturated carbocycles. The van der Waals surface area contributed by atoms with E-state index in [-0.39, 0.29) is 35.5 Å². The zero-order chi connectivity index (χ0) is 17.7. The number of ether oxygens (including phenoxy) is 1. The van der Waals surface area contributed by atoms with Gasteiger partial charge in [0.2, 0.25) is 10.0 Å². The number of carbonyl (C=O) groups excluding carboxylic acids is 2. The second kappa shape index (κ2) is 7.70. The molecule has 1 aromatic carbocycles. The normalized spacial score (nSPS) is 12.0. The maximum Gasteiger partial charge on any atom is 0.305 e. The summed E-state index contributed by atoms with van der Waals surface area (Å²) in [4.78, 5) is 22.6. The van der Waals surface area contributed by atoms with Crippen LogP contribution in [0, 0.1) is 0 Å². The summed E-state index contributed by atoms with van der Waals surface area (Å²) < 4.78 is 30.9. The van der Waals surface area contributed by atoms with Gasteiger partial charge in [0.25, 0.3) is 0 Å². The van der Waals surface area contributed by atoms with Crippen LogP contribution in [0.5, 0.6) is 0 Å². The molecule has 6 nitrogen and oxygen atoms in total. The smallest absolute Gasteiger partial charge is 0.305 e. The quantitative estimate of drug-likeness (QED) is 0.764. The molecular weight excluding hydrogens is 318 g/mol. The third-order valence-corrected chi connectivity index (χ3v) is 4.74. The van der Waals surface area contributed by atoms with Crippen molar-refractivity contribution in [2.24, 2.45) is 0 Å². The van der Waals surface area contributed by atoms with Crippen LogP contribution in [0.25, 0.3) is 0 Å². The summed E-state index contributed by atoms with van der Waals surface area (Å²) in [7, 11) is -2.52. The van der Waals surface area contributed by atoms with Crippen molar-refractivity contribution in [3.05, 3.63) is 29.8 Å². The second-order valence-electron chi connectivity index (χ2n) is 6.21. The first-order valence-corrected chi connectivity index (χ1v) is 8.73. The van der Waals surface area contributed by atoms with Crippen LogP contribution in [0.3, 0.4) is 0 Å². The van der Waals surface area contributed by atoms with Crippen molar-refractivity contribution in [3.63, 3.8) is 0 Å². The number of ketones is 1. The van der Waals surface area contributed by atoms with Crippen LogP contribution >= 0.6 is 0 Å². The molecule has 0 heterocycles. The molecule has 0 unspecified atom stereocenters. The van der Waals surface area contributed by atoms with Crippen LogP contribution in [-0.2, 0) is 29.8 Å². The van der Waals surface area contributed by atoms with Gasteiger partial charge in [0.1, 0.15) is 5.78 Å². The fourth-order valence-corrected chi connectivity index (χ4v) is 2.84. The number of rotatable bonds is 7. The molecule has 1 rings (SSSR count). The highest BCUT2D eigenvalue weighted by Gasteiger charge is 2.18. The number of nitrogens with one attached hydrogen (secondary N) is 1. The van der Waals surface area contributed by atoms with Crippen molar-refractivity contribution in [2.45, 2.75) is 43.9 Å². The predicted octanol–water partition coefficient (Wildman–Crippen LogP) is 1.78. The lowest BCUT2D eigenvalue weighted by Gasteiger charge is -2.19. The third-order valence-electron chi connectivity index (χ3n) is 3.33. The molecule has 0 aromatic heterocycles. The molecule has 128 valence electrons. The minimum atomic E-state index is -3.75. The van der Waals surface area contributed by atoms with Crippen LogP contribution in [0.2, 0.25) is 0 Å². The molecule has 1 aromatic rings. The Balaban J connectivity index is 2.66. The number of esters is 1. The van der Waals surface area contributed by atoms with Gasteiger partial charge < -0.3 is 4.74 Å². The van der Waals surface area contributed by atoms with Crippen LogP contribution in [0.15, 0.2) is 29.2 Å². The van der Waals surface area contributed by atoms with Gasteiger partial charge in [0.15, 0.2) is 0 Å². The summed E-state index contributed by atoms with van der Waals surface area (Å²) in [5.41, 5.74) is 0.949. The predicted molar refractivity (Wildman–Crippen MR) is 86.6 cm³/mol. The number of hydrogen-bond donors (Lipinski definition) is 1. The van der Waals surface area contributed by atoms with Crippen molar-refractivity contribution in [1.82, 2.24) is 4.72 Å². The average Bonchev–Trinajstić information content (AvgIpc) is 2.50. The van der Waals surface area contributed by atoms with Crippen molar-refractivity contribution in [3.8, 4) is 0 Å². The highest BCUT2D eigenvalue weighted by molar-refractivity contribution is 7.89. The lowest BCUT2D eigenvalue weighted by Crippen LogP contribution is -2.30. The third kappa shape index (κ3) is 6.11. The van der Waals surface area contributed by atoms with E-state index in [1.165, 1.54) is 19.2 Å². The molecule has 0 fully saturated rings. The Bertz CT molecular complexity index is 657. The van der Waals surface area contributed by atoms with E-state index in [0.717, 1.165) is 5.56 Å². The minimum Gasteiger partial charge on any atom is -0.469 e. The van der Waals surface area contributed by atoms with E-state index in [2.05, 4.69) is 9.46 Å². The molecule has 0 atom stereocenters. The number of carbonyl (C=O) groups is 2. The highest BCUT2D eigenvalue weighted by atomic mass is 32.2. The van der Waals surface area contributed by atoms with Crippen LogP contribution in [0.1, 0.15) is 39.2 Å². The number of sulfonamides is 1. The lowest BCUT2D eigenvalue weighted by atomic mass is 9.87. The summed E-state index contributed by atoms with van der Waals surface area (Å²) >= 11 is 0. The first-order valence-electron chi connectivity index (χ1n) is 7.25. The van der Waals surface area contributed by atoms with E-state index in [1.54, 1.807) is 12.1 Å². The molecule has 0 amide bonds. The molecule has 0 aliphatic carbocycles. The summed E-state index contributed by atoms with van der Waals surface area (Å²) in [5, 5.41) is 0. The van der Waals surface area contributed by atoms with E-state index in [0.29, 0.717) is 0 Å². The highest BCUT2D eigenvalue weighted by Crippen LogP contribution is 2.23. The molecule has 0 saturated heterocycles. The van der Waals surface area contributed by atoms with Gasteiger partial charge in [-0.2, -0.15) is 0 Å². The summed E-state index contributed by atoms with van der Waals surface area (Å²) in [6.45, 7) is 5.76. The van der Waals surface area contributed by atoms with Gasteiger partial charge in [0.05, 0.1) is 25.0 Å². The number of benzene rings is 1. The molecule has 0 bridgehead atoms. The molecule has 7 heteroatoms. The van der Waals surface area contributed by atoms with E-state index < -0.39 is 16.0 Å². The summed E-state index contributed by atoms with van der Waals surface area (Å²) in [5.74, 6) is -0.871. The number of methoxy groups -OCH3 is 1. The van der Waals surface area contributed by atoms with Crippen LogP contribution in [0.4, 0.5) is 0 Å². The fraction of sp³-hybridized carbons (Fsp3) is 0.500. The Labute approximate surface area is 137 Å². The van der Waals surface area contributed by atoms with Gasteiger partial charge in [-0.3, -0.25) is 9.59 Å². The van der Waals surface area contributed by atoms with Gasteiger partial charge in [0, 0.05) is 6.42 Å². The lowest BCUT2D eigenvalue weighted by molar-refractivity contribution is -0.141. The Kier molecular flexibility index (Phi) is 6.47. The Morgan fingerprint density at radius 3 is 2.13 bits per heavy atom. The standard InChI is InChI=1S/C16H23NO5S/c1-16(2,3)12-5-8-14(9-6-12)23(20,21)17-11-13(18)7-10-15(19)22-4/h5-6,8-9,17H,7,10-11H2,1-4H3. The largest absolute Gasteiger partial charge is 0.469 e. The van der Waals surface area contributed by atoms with Gasteiger partial charge in [-0.1, -0.05) is 32.9 Å². The molecule has 0 aliphatic heterocycles. The molecule has 1 N–H and O–H groups in total. The van der Waals surface area contributed by atoms with E-state index in [4.69, 9.17) is 0 Å². The second-order valence-corrected chi connectivity index (χ2v) is 7.98. The summed E-state index contributed by atoms with van der Waals surface area (Å²) in [6, 6.07) is 6.55. The van der Waals surface area contributed by atoms with E-state index in [1.807, 2.05) is 20.8 Å². The zero-order valence-corrected chi connectivity index (χ0v) is 14.7. The Morgan fingerprint density at radius 1 is 1.09 bits per heavy atom. The maximum absolute atomic E-state index is 12.1. The fourth-order valence-electron chi connectivity index (χ4n) is 1.82. The molecular formula is C16H23NO5S. The Morgan fingerprint density at radius 2 is 1.65 bits per heavy atom. The summed E-state index contributed by atoms with van der Waals surface area (Å²) in [6.07, 6.45) is -0.116. The van der Waals surface area contributed by atoms with Crippen molar-refractivity contribution in [1.29, 1.82) is 0 Å². The number of Topliss-reactive ketones (excluding diaryl/α,β-unsaturated/α-hetero) is 1. The average molecular weight is 341 g/mol. The van der Waals surface area contributed by atoms with Gasteiger partial charge in [-0.15, -0.1) is 0 Å². The van der Waals surface area contributed by atoms with Crippen molar-refractivity contribution in [2.75, 3.05) is 13.7 Å². The van der Waals surface area contributed by atoms with E-state index in [9.17, 15) is 18.0 Å². The monoisotopic (exact) mass is 341 g/mol. The topological polar surface area (TPSA) is 89.5 Å². The van der Waals surface area contributed by atoms with Crippen molar-refractivity contribution >= 4 is 21.8 Å². The van der Waals surface area contributed by atoms with E-state index >= 15 is 0 Å². The first kappa shape index (κ1) is 19.3. The van der Waals surface area contributed by atoms with Crippen LogP contribution in [-0.4, -0.2) is 33.8 Å². The first-order chi connectivity index (χ1) is 10.6. The maximum atomic E-state index is 12.1. The SMILES string of the molecule is COC(=O)CCC(=O)CNS(=O)(=O)c1ccc(C(C)(C)C)cc1. The molecule has 0 aliphatic rings. The van der Waals surface area contributed by atoms with Gasteiger partial charge in [-0.05, 0) is 23.1 Å². The van der Waals surface area contributed by atoms with Gasteiger partial charge in [-0.25, -0.2) is 13.1 Å². The van der Waals surface area contributed by atoms with Crippen molar-refractivity contribution < 1.29 is 22.7 Å². The molecule has 0 spiro atoms. The van der Waals surface area contributed by atoms with Crippen LogP contribution < -0.4 is 4.72 Å². The minimum absolute atomic E-state index is 0.0574. The Hall–Kier alpha value is -1.73. The zero-order valence-electron chi connectivity index (χ0n) is 13.9.